The van der Waals surface area contributed by atoms with Gasteiger partial charge in [0.25, 0.3) is 5.91 Å². The van der Waals surface area contributed by atoms with Gasteiger partial charge in [-0.15, -0.1) is 5.10 Å². The molecule has 0 spiro atoms. The highest BCUT2D eigenvalue weighted by Crippen LogP contribution is 2.34. The standard InChI is InChI=1S/C17H16F3N5O2/c1-11(2)25(9-21)15(26)4-5-24-10-22-16(23-24)12-6-13(17(18,19)20)8-14(7-12)27-3/h4-8,10-11H,1-3H3/b5-4-. The average molecular weight is 379 g/mol. The van der Waals surface area contributed by atoms with Crippen LogP contribution in [0.4, 0.5) is 13.2 Å². The van der Waals surface area contributed by atoms with E-state index in [4.69, 9.17) is 10.00 Å². The summed E-state index contributed by atoms with van der Waals surface area (Å²) in [7, 11) is 1.26. The van der Waals surface area contributed by atoms with Crippen LogP contribution in [0.2, 0.25) is 0 Å². The molecule has 0 unspecified atom stereocenters. The Morgan fingerprint density at radius 3 is 2.63 bits per heavy atom. The quantitative estimate of drug-likeness (QED) is 0.453. The Morgan fingerprint density at radius 1 is 1.37 bits per heavy atom. The number of benzene rings is 1. The molecule has 1 aromatic carbocycles. The van der Waals surface area contributed by atoms with E-state index in [2.05, 4.69) is 10.1 Å². The van der Waals surface area contributed by atoms with Crippen LogP contribution >= 0.6 is 0 Å². The molecule has 0 aliphatic heterocycles. The lowest BCUT2D eigenvalue weighted by molar-refractivity contribution is -0.137. The molecule has 0 N–H and O–H groups in total. The highest BCUT2D eigenvalue weighted by molar-refractivity contribution is 5.91. The molecule has 0 bridgehead atoms. The molecular formula is C17H16F3N5O2. The largest absolute Gasteiger partial charge is 0.497 e. The number of hydrogen-bond donors (Lipinski definition) is 0. The van der Waals surface area contributed by atoms with Gasteiger partial charge in [0.15, 0.2) is 12.0 Å². The van der Waals surface area contributed by atoms with Crippen molar-refractivity contribution in [1.29, 1.82) is 5.26 Å². The van der Waals surface area contributed by atoms with Gasteiger partial charge in [-0.1, -0.05) is 0 Å². The van der Waals surface area contributed by atoms with Crippen molar-refractivity contribution >= 4 is 12.1 Å². The second-order valence-electron chi connectivity index (χ2n) is 5.71. The van der Waals surface area contributed by atoms with Crippen molar-refractivity contribution in [2.24, 2.45) is 0 Å². The minimum Gasteiger partial charge on any atom is -0.497 e. The molecular weight excluding hydrogens is 363 g/mol. The second kappa shape index (κ2) is 7.90. The lowest BCUT2D eigenvalue weighted by Crippen LogP contribution is -2.31. The van der Waals surface area contributed by atoms with Crippen molar-refractivity contribution < 1.29 is 22.7 Å². The fourth-order valence-electron chi connectivity index (χ4n) is 2.13. The van der Waals surface area contributed by atoms with Gasteiger partial charge in [-0.2, -0.15) is 18.4 Å². The van der Waals surface area contributed by atoms with Crippen LogP contribution in [0.15, 0.2) is 30.6 Å². The lowest BCUT2D eigenvalue weighted by Gasteiger charge is -2.14. The third kappa shape index (κ3) is 4.84. The van der Waals surface area contributed by atoms with E-state index < -0.39 is 17.6 Å². The van der Waals surface area contributed by atoms with Crippen LogP contribution in [0.3, 0.4) is 0 Å². The molecule has 1 amide bonds. The van der Waals surface area contributed by atoms with E-state index in [1.807, 2.05) is 0 Å². The topological polar surface area (TPSA) is 84.0 Å². The number of aromatic nitrogens is 3. The van der Waals surface area contributed by atoms with Crippen molar-refractivity contribution in [2.75, 3.05) is 7.11 Å². The monoisotopic (exact) mass is 379 g/mol. The normalized spacial score (nSPS) is 11.6. The fourth-order valence-corrected chi connectivity index (χ4v) is 2.13. The van der Waals surface area contributed by atoms with Crippen LogP contribution in [-0.2, 0) is 11.0 Å². The Kier molecular flexibility index (Phi) is 5.85. The number of rotatable bonds is 5. The van der Waals surface area contributed by atoms with E-state index in [0.29, 0.717) is 0 Å². The molecule has 0 radical (unpaired) electrons. The smallest absolute Gasteiger partial charge is 0.416 e. The van der Waals surface area contributed by atoms with Crippen LogP contribution in [0.5, 0.6) is 5.75 Å². The first kappa shape index (κ1) is 20.0. The Hall–Kier alpha value is -3.35. The summed E-state index contributed by atoms with van der Waals surface area (Å²) in [6.45, 7) is 3.37. The zero-order chi connectivity index (χ0) is 20.2. The minimum absolute atomic E-state index is 0.0171. The number of carbonyl (C=O) groups is 1. The maximum atomic E-state index is 13.0. The molecule has 0 fully saturated rings. The van der Waals surface area contributed by atoms with Crippen molar-refractivity contribution in [1.82, 2.24) is 19.7 Å². The summed E-state index contributed by atoms with van der Waals surface area (Å²) in [6, 6.07) is 2.85. The summed E-state index contributed by atoms with van der Waals surface area (Å²) in [5, 5.41) is 13.0. The maximum absolute atomic E-state index is 13.0. The first-order valence-electron chi connectivity index (χ1n) is 7.74. The van der Waals surface area contributed by atoms with Crippen LogP contribution in [0.25, 0.3) is 17.6 Å². The highest BCUT2D eigenvalue weighted by Gasteiger charge is 2.31. The van der Waals surface area contributed by atoms with Gasteiger partial charge in [0, 0.05) is 23.9 Å². The first-order chi connectivity index (χ1) is 12.7. The number of halogens is 3. The minimum atomic E-state index is -4.55. The summed E-state index contributed by atoms with van der Waals surface area (Å²) < 4.78 is 45.1. The summed E-state index contributed by atoms with van der Waals surface area (Å²) >= 11 is 0. The van der Waals surface area contributed by atoms with Gasteiger partial charge >= 0.3 is 6.18 Å². The highest BCUT2D eigenvalue weighted by atomic mass is 19.4. The number of amides is 1. The summed E-state index contributed by atoms with van der Waals surface area (Å²) in [4.78, 5) is 16.8. The average Bonchev–Trinajstić information content (AvgIpc) is 3.08. The van der Waals surface area contributed by atoms with Gasteiger partial charge in [-0.05, 0) is 32.0 Å². The zero-order valence-electron chi connectivity index (χ0n) is 14.7. The molecule has 27 heavy (non-hydrogen) atoms. The Balaban J connectivity index is 2.29. The fraction of sp³-hybridized carbons (Fsp3) is 0.294. The molecule has 1 aromatic heterocycles. The van der Waals surface area contributed by atoms with Gasteiger partial charge in [-0.3, -0.25) is 4.79 Å². The van der Waals surface area contributed by atoms with Gasteiger partial charge in [0.1, 0.15) is 12.1 Å². The number of alkyl halides is 3. The van der Waals surface area contributed by atoms with Gasteiger partial charge in [0.05, 0.1) is 12.7 Å². The van der Waals surface area contributed by atoms with E-state index in [-0.39, 0.29) is 23.2 Å². The van der Waals surface area contributed by atoms with Gasteiger partial charge < -0.3 is 4.74 Å². The Labute approximate surface area is 153 Å². The summed E-state index contributed by atoms with van der Waals surface area (Å²) in [6.07, 6.45) is 0.836. The summed E-state index contributed by atoms with van der Waals surface area (Å²) in [5.74, 6) is -0.508. The number of nitriles is 1. The van der Waals surface area contributed by atoms with Crippen molar-refractivity contribution in [2.45, 2.75) is 26.1 Å². The molecule has 142 valence electrons. The second-order valence-corrected chi connectivity index (χ2v) is 5.71. The van der Waals surface area contributed by atoms with Crippen LogP contribution in [0, 0.1) is 11.5 Å². The molecule has 2 aromatic rings. The van der Waals surface area contributed by atoms with Crippen LogP contribution in [-0.4, -0.2) is 38.7 Å². The van der Waals surface area contributed by atoms with E-state index in [0.717, 1.165) is 27.8 Å². The van der Waals surface area contributed by atoms with Gasteiger partial charge in [-0.25, -0.2) is 14.6 Å². The maximum Gasteiger partial charge on any atom is 0.416 e. The third-order valence-electron chi connectivity index (χ3n) is 3.47. The van der Waals surface area contributed by atoms with Crippen molar-refractivity contribution in [3.8, 4) is 23.3 Å². The van der Waals surface area contributed by atoms with E-state index in [9.17, 15) is 18.0 Å². The molecule has 1 heterocycles. The Bertz CT molecular complexity index is 897. The third-order valence-corrected chi connectivity index (χ3v) is 3.47. The molecule has 0 atom stereocenters. The zero-order valence-corrected chi connectivity index (χ0v) is 14.7. The number of carbonyl (C=O) groups excluding carboxylic acids is 1. The van der Waals surface area contributed by atoms with Crippen molar-refractivity contribution in [3.05, 3.63) is 36.2 Å². The molecule has 2 rings (SSSR count). The Morgan fingerprint density at radius 2 is 2.07 bits per heavy atom. The predicted octanol–water partition coefficient (Wildman–Crippen LogP) is 3.16. The van der Waals surface area contributed by atoms with E-state index in [1.54, 1.807) is 20.0 Å². The summed E-state index contributed by atoms with van der Waals surface area (Å²) in [5.41, 5.74) is -0.776. The van der Waals surface area contributed by atoms with Crippen LogP contribution in [0.1, 0.15) is 19.4 Å². The molecule has 0 saturated carbocycles. The molecule has 7 nitrogen and oxygen atoms in total. The first-order valence-corrected chi connectivity index (χ1v) is 7.74. The molecule has 10 heteroatoms. The number of methoxy groups -OCH3 is 1. The van der Waals surface area contributed by atoms with E-state index >= 15 is 0 Å². The molecule has 0 aliphatic rings. The van der Waals surface area contributed by atoms with Crippen LogP contribution < -0.4 is 4.74 Å². The number of hydrogen-bond acceptors (Lipinski definition) is 5. The van der Waals surface area contributed by atoms with Crippen molar-refractivity contribution in [3.63, 3.8) is 0 Å². The number of nitrogens with zero attached hydrogens (tertiary/aromatic N) is 5. The molecule has 0 aliphatic carbocycles. The molecule has 0 saturated heterocycles. The SMILES string of the molecule is COc1cc(-c2ncn(/C=C\C(=O)N(C#N)C(C)C)n2)cc(C(F)(F)F)c1. The van der Waals surface area contributed by atoms with Gasteiger partial charge in [0.2, 0.25) is 0 Å². The lowest BCUT2D eigenvalue weighted by atomic mass is 10.1. The van der Waals surface area contributed by atoms with E-state index in [1.165, 1.54) is 25.7 Å². The predicted molar refractivity (Wildman–Crippen MR) is 89.9 cm³/mol. The number of ether oxygens (including phenoxy) is 1.